The van der Waals surface area contributed by atoms with E-state index in [1.807, 2.05) is 11.0 Å². The Hall–Kier alpha value is -1.93. The number of esters is 1. The van der Waals surface area contributed by atoms with E-state index >= 15 is 0 Å². The van der Waals surface area contributed by atoms with E-state index in [0.717, 1.165) is 0 Å². The molecule has 0 aromatic heterocycles. The fraction of sp³-hybridized carbons (Fsp3) is 0.429. The first-order chi connectivity index (χ1) is 8.99. The van der Waals surface area contributed by atoms with Crippen molar-refractivity contribution in [2.24, 2.45) is 5.92 Å². The summed E-state index contributed by atoms with van der Waals surface area (Å²) < 4.78 is 18.5. The molecule has 0 saturated heterocycles. The Kier molecular flexibility index (Phi) is 5.46. The normalized spacial score (nSPS) is 12.0. The zero-order valence-electron chi connectivity index (χ0n) is 11.3. The quantitative estimate of drug-likeness (QED) is 0.763. The van der Waals surface area contributed by atoms with Crippen LogP contribution in [0.5, 0.6) is 0 Å². The van der Waals surface area contributed by atoms with Crippen LogP contribution in [0.25, 0.3) is 0 Å². The maximum Gasteiger partial charge on any atom is 0.309 e. The van der Waals surface area contributed by atoms with Gasteiger partial charge < -0.3 is 9.64 Å². The topological polar surface area (TPSA) is 53.3 Å². The lowest BCUT2D eigenvalue weighted by atomic mass is 10.1. The minimum absolute atomic E-state index is 0.0342. The second-order valence-electron chi connectivity index (χ2n) is 4.51. The Balaban J connectivity index is 2.70. The van der Waals surface area contributed by atoms with E-state index in [1.165, 1.54) is 13.2 Å². The van der Waals surface area contributed by atoms with Gasteiger partial charge in [0, 0.05) is 18.7 Å². The SMILES string of the molecule is COC(=O)C(C)CN(C)Cc1cccc(C#N)c1F. The molecule has 102 valence electrons. The monoisotopic (exact) mass is 264 g/mol. The van der Waals surface area contributed by atoms with Crippen LogP contribution in [-0.2, 0) is 16.1 Å². The number of halogens is 1. The van der Waals surface area contributed by atoms with Crippen LogP contribution in [0.15, 0.2) is 18.2 Å². The van der Waals surface area contributed by atoms with Crippen LogP contribution in [0.3, 0.4) is 0 Å². The number of rotatable bonds is 5. The van der Waals surface area contributed by atoms with E-state index < -0.39 is 5.82 Å². The Bertz CT molecular complexity index is 497. The molecule has 0 heterocycles. The van der Waals surface area contributed by atoms with Crippen LogP contribution >= 0.6 is 0 Å². The predicted molar refractivity (Wildman–Crippen MR) is 68.6 cm³/mol. The van der Waals surface area contributed by atoms with Crippen molar-refractivity contribution in [2.45, 2.75) is 13.5 Å². The van der Waals surface area contributed by atoms with Gasteiger partial charge in [-0.1, -0.05) is 19.1 Å². The molecule has 1 aromatic carbocycles. The molecule has 5 heteroatoms. The van der Waals surface area contributed by atoms with Crippen LogP contribution in [0, 0.1) is 23.1 Å². The molecule has 1 atom stereocenters. The number of methoxy groups -OCH3 is 1. The van der Waals surface area contributed by atoms with E-state index in [-0.39, 0.29) is 17.5 Å². The highest BCUT2D eigenvalue weighted by molar-refractivity contribution is 5.72. The highest BCUT2D eigenvalue weighted by Gasteiger charge is 2.17. The van der Waals surface area contributed by atoms with Gasteiger partial charge in [0.25, 0.3) is 0 Å². The standard InChI is InChI=1S/C14H17FN2O2/c1-10(14(18)19-3)8-17(2)9-12-6-4-5-11(7-16)13(12)15/h4-6,10H,8-9H2,1-3H3. The molecule has 0 fully saturated rings. The zero-order chi connectivity index (χ0) is 14.4. The highest BCUT2D eigenvalue weighted by Crippen LogP contribution is 2.14. The molecule has 0 radical (unpaired) electrons. The molecule has 1 aromatic rings. The minimum Gasteiger partial charge on any atom is -0.469 e. The smallest absolute Gasteiger partial charge is 0.309 e. The molecule has 0 amide bonds. The Morgan fingerprint density at radius 2 is 2.26 bits per heavy atom. The maximum absolute atomic E-state index is 13.9. The summed E-state index contributed by atoms with van der Waals surface area (Å²) in [6, 6.07) is 6.53. The van der Waals surface area contributed by atoms with Crippen LogP contribution in [0.1, 0.15) is 18.1 Å². The molecular formula is C14H17FN2O2. The van der Waals surface area contributed by atoms with Crippen molar-refractivity contribution in [3.05, 3.63) is 35.1 Å². The molecule has 1 rings (SSSR count). The molecule has 0 aliphatic rings. The molecule has 0 aliphatic carbocycles. The van der Waals surface area contributed by atoms with Gasteiger partial charge in [-0.3, -0.25) is 4.79 Å². The molecule has 4 nitrogen and oxygen atoms in total. The molecule has 0 spiro atoms. The number of nitrogens with zero attached hydrogens (tertiary/aromatic N) is 2. The summed E-state index contributed by atoms with van der Waals surface area (Å²) in [7, 11) is 3.13. The number of benzene rings is 1. The predicted octanol–water partition coefficient (Wildman–Crippen LogP) is 1.94. The van der Waals surface area contributed by atoms with Crippen LogP contribution in [0.4, 0.5) is 4.39 Å². The first-order valence-electron chi connectivity index (χ1n) is 5.93. The van der Waals surface area contributed by atoms with Gasteiger partial charge in [-0.25, -0.2) is 4.39 Å². The first-order valence-corrected chi connectivity index (χ1v) is 5.93. The summed E-state index contributed by atoms with van der Waals surface area (Å²) in [5.74, 6) is -1.07. The van der Waals surface area contributed by atoms with Crippen molar-refractivity contribution in [3.8, 4) is 6.07 Å². The van der Waals surface area contributed by atoms with Crippen molar-refractivity contribution >= 4 is 5.97 Å². The molecule has 0 bridgehead atoms. The van der Waals surface area contributed by atoms with Gasteiger partial charge in [0.05, 0.1) is 18.6 Å². The van der Waals surface area contributed by atoms with E-state index in [9.17, 15) is 9.18 Å². The Morgan fingerprint density at radius 3 is 2.84 bits per heavy atom. The molecule has 0 N–H and O–H groups in total. The van der Waals surface area contributed by atoms with Crippen molar-refractivity contribution in [2.75, 3.05) is 20.7 Å². The van der Waals surface area contributed by atoms with Crippen molar-refractivity contribution < 1.29 is 13.9 Å². The fourth-order valence-electron chi connectivity index (χ4n) is 1.89. The molecular weight excluding hydrogens is 247 g/mol. The highest BCUT2D eigenvalue weighted by atomic mass is 19.1. The largest absolute Gasteiger partial charge is 0.469 e. The number of carbonyl (C=O) groups excluding carboxylic acids is 1. The van der Waals surface area contributed by atoms with Gasteiger partial charge in [0.15, 0.2) is 0 Å². The zero-order valence-corrected chi connectivity index (χ0v) is 11.3. The van der Waals surface area contributed by atoms with E-state index in [1.54, 1.807) is 26.1 Å². The van der Waals surface area contributed by atoms with Crippen molar-refractivity contribution in [1.82, 2.24) is 4.90 Å². The number of ether oxygens (including phenoxy) is 1. The van der Waals surface area contributed by atoms with Crippen LogP contribution in [-0.4, -0.2) is 31.6 Å². The van der Waals surface area contributed by atoms with Crippen LogP contribution < -0.4 is 0 Å². The second-order valence-corrected chi connectivity index (χ2v) is 4.51. The minimum atomic E-state index is -0.498. The van der Waals surface area contributed by atoms with Gasteiger partial charge in [-0.2, -0.15) is 5.26 Å². The molecule has 1 unspecified atom stereocenters. The van der Waals surface area contributed by atoms with Gasteiger partial charge in [-0.15, -0.1) is 0 Å². The number of hydrogen-bond acceptors (Lipinski definition) is 4. The summed E-state index contributed by atoms with van der Waals surface area (Å²) in [6.45, 7) is 2.55. The third kappa shape index (κ3) is 4.04. The number of hydrogen-bond donors (Lipinski definition) is 0. The Labute approximate surface area is 112 Å². The van der Waals surface area contributed by atoms with Gasteiger partial charge >= 0.3 is 5.97 Å². The van der Waals surface area contributed by atoms with Gasteiger partial charge in [0.2, 0.25) is 0 Å². The first kappa shape index (κ1) is 15.1. The summed E-state index contributed by atoms with van der Waals surface area (Å²) >= 11 is 0. The third-order valence-electron chi connectivity index (χ3n) is 2.83. The fourth-order valence-corrected chi connectivity index (χ4v) is 1.89. The number of carbonyl (C=O) groups is 1. The second kappa shape index (κ2) is 6.86. The van der Waals surface area contributed by atoms with Gasteiger partial charge in [0.1, 0.15) is 11.9 Å². The summed E-state index contributed by atoms with van der Waals surface area (Å²) in [4.78, 5) is 13.1. The third-order valence-corrected chi connectivity index (χ3v) is 2.83. The average molecular weight is 264 g/mol. The lowest BCUT2D eigenvalue weighted by Gasteiger charge is -2.20. The molecule has 0 saturated carbocycles. The molecule has 0 aliphatic heterocycles. The average Bonchev–Trinajstić information content (AvgIpc) is 2.40. The van der Waals surface area contributed by atoms with Crippen molar-refractivity contribution in [3.63, 3.8) is 0 Å². The van der Waals surface area contributed by atoms with E-state index in [2.05, 4.69) is 4.74 Å². The summed E-state index contributed by atoms with van der Waals surface area (Å²) in [6.07, 6.45) is 0. The molecule has 19 heavy (non-hydrogen) atoms. The summed E-state index contributed by atoms with van der Waals surface area (Å²) in [5, 5.41) is 8.76. The van der Waals surface area contributed by atoms with E-state index in [4.69, 9.17) is 5.26 Å². The maximum atomic E-state index is 13.9. The lowest BCUT2D eigenvalue weighted by molar-refractivity contribution is -0.145. The van der Waals surface area contributed by atoms with Crippen molar-refractivity contribution in [1.29, 1.82) is 5.26 Å². The summed E-state index contributed by atoms with van der Waals surface area (Å²) in [5.41, 5.74) is 0.477. The number of nitriles is 1. The van der Waals surface area contributed by atoms with Crippen LogP contribution in [0.2, 0.25) is 0 Å². The van der Waals surface area contributed by atoms with Gasteiger partial charge in [-0.05, 0) is 13.1 Å². The van der Waals surface area contributed by atoms with E-state index in [0.29, 0.717) is 18.7 Å². The Morgan fingerprint density at radius 1 is 1.58 bits per heavy atom. The lowest BCUT2D eigenvalue weighted by Crippen LogP contribution is -2.29.